The molecule has 15 heavy (non-hydrogen) atoms. The SMILES string of the molecule is CC(Br)C(=O)O[C@@H](C#N)c1ccccc1. The highest BCUT2D eigenvalue weighted by Crippen LogP contribution is 2.17. The van der Waals surface area contributed by atoms with E-state index in [1.807, 2.05) is 12.1 Å². The van der Waals surface area contributed by atoms with E-state index in [0.29, 0.717) is 5.56 Å². The molecule has 0 amide bonds. The van der Waals surface area contributed by atoms with E-state index in [-0.39, 0.29) is 0 Å². The van der Waals surface area contributed by atoms with E-state index in [9.17, 15) is 4.79 Å². The fourth-order valence-corrected chi connectivity index (χ4v) is 1.11. The number of hydrogen-bond donors (Lipinski definition) is 0. The normalized spacial score (nSPS) is 13.7. The summed E-state index contributed by atoms with van der Waals surface area (Å²) >= 11 is 3.09. The molecule has 0 aromatic heterocycles. The van der Waals surface area contributed by atoms with Crippen LogP contribution in [0.3, 0.4) is 0 Å². The van der Waals surface area contributed by atoms with Crippen LogP contribution in [0, 0.1) is 11.3 Å². The first kappa shape index (κ1) is 11.7. The van der Waals surface area contributed by atoms with Crippen molar-refractivity contribution >= 4 is 21.9 Å². The molecule has 0 radical (unpaired) electrons. The zero-order valence-corrected chi connectivity index (χ0v) is 9.77. The van der Waals surface area contributed by atoms with Crippen molar-refractivity contribution in [2.75, 3.05) is 0 Å². The van der Waals surface area contributed by atoms with Gasteiger partial charge in [-0.2, -0.15) is 5.26 Å². The van der Waals surface area contributed by atoms with Crippen molar-refractivity contribution in [3.8, 4) is 6.07 Å². The van der Waals surface area contributed by atoms with Crippen LogP contribution in [0.4, 0.5) is 0 Å². The van der Waals surface area contributed by atoms with Gasteiger partial charge in [-0.05, 0) is 6.92 Å². The van der Waals surface area contributed by atoms with Gasteiger partial charge in [0.2, 0.25) is 6.10 Å². The van der Waals surface area contributed by atoms with E-state index in [2.05, 4.69) is 15.9 Å². The van der Waals surface area contributed by atoms with Crippen LogP contribution in [0.1, 0.15) is 18.6 Å². The molecule has 0 heterocycles. The van der Waals surface area contributed by atoms with Crippen molar-refractivity contribution in [1.82, 2.24) is 0 Å². The van der Waals surface area contributed by atoms with Gasteiger partial charge < -0.3 is 4.74 Å². The number of halogens is 1. The van der Waals surface area contributed by atoms with Gasteiger partial charge in [-0.1, -0.05) is 46.3 Å². The van der Waals surface area contributed by atoms with Gasteiger partial charge in [-0.3, -0.25) is 4.79 Å². The Labute approximate surface area is 96.8 Å². The molecular formula is C11H10BrNO2. The fraction of sp³-hybridized carbons (Fsp3) is 0.273. The standard InChI is InChI=1S/C11H10BrNO2/c1-8(12)11(14)15-10(7-13)9-5-3-2-4-6-9/h2-6,8,10H,1H3/t8?,10-/m0/s1. The average molecular weight is 268 g/mol. The van der Waals surface area contributed by atoms with Crippen molar-refractivity contribution in [3.63, 3.8) is 0 Å². The summed E-state index contributed by atoms with van der Waals surface area (Å²) in [5, 5.41) is 8.87. The lowest BCUT2D eigenvalue weighted by Gasteiger charge is -2.11. The minimum absolute atomic E-state index is 0.405. The summed E-state index contributed by atoms with van der Waals surface area (Å²) in [5.41, 5.74) is 0.682. The third-order valence-electron chi connectivity index (χ3n) is 1.78. The molecule has 0 spiro atoms. The van der Waals surface area contributed by atoms with Crippen molar-refractivity contribution < 1.29 is 9.53 Å². The van der Waals surface area contributed by atoms with Gasteiger partial charge in [0.25, 0.3) is 0 Å². The highest BCUT2D eigenvalue weighted by molar-refractivity contribution is 9.10. The van der Waals surface area contributed by atoms with Gasteiger partial charge in [0, 0.05) is 5.56 Å². The Balaban J connectivity index is 2.75. The van der Waals surface area contributed by atoms with Gasteiger partial charge in [0.1, 0.15) is 10.9 Å². The van der Waals surface area contributed by atoms with Crippen LogP contribution in [-0.2, 0) is 9.53 Å². The number of carbonyl (C=O) groups is 1. The van der Waals surface area contributed by atoms with Crippen LogP contribution >= 0.6 is 15.9 Å². The molecule has 2 atom stereocenters. The molecule has 4 heteroatoms. The first-order valence-corrected chi connectivity index (χ1v) is 5.36. The van der Waals surface area contributed by atoms with E-state index in [0.717, 1.165) is 0 Å². The number of nitriles is 1. The Morgan fingerprint density at radius 3 is 2.53 bits per heavy atom. The Morgan fingerprint density at radius 1 is 1.47 bits per heavy atom. The molecule has 0 aliphatic heterocycles. The molecule has 1 aromatic rings. The molecule has 0 saturated heterocycles. The van der Waals surface area contributed by atoms with Crippen LogP contribution in [-0.4, -0.2) is 10.8 Å². The lowest BCUT2D eigenvalue weighted by atomic mass is 10.1. The quantitative estimate of drug-likeness (QED) is 0.625. The predicted octanol–water partition coefficient (Wildman–Crippen LogP) is 2.58. The maximum atomic E-state index is 11.3. The van der Waals surface area contributed by atoms with Crippen molar-refractivity contribution in [3.05, 3.63) is 35.9 Å². The zero-order chi connectivity index (χ0) is 11.3. The molecule has 1 rings (SSSR count). The summed E-state index contributed by atoms with van der Waals surface area (Å²) in [6.07, 6.45) is -0.835. The Kier molecular flexibility index (Phi) is 4.32. The van der Waals surface area contributed by atoms with E-state index in [1.54, 1.807) is 31.2 Å². The number of esters is 1. The van der Waals surface area contributed by atoms with Gasteiger partial charge in [0.05, 0.1) is 0 Å². The van der Waals surface area contributed by atoms with Gasteiger partial charge >= 0.3 is 5.97 Å². The zero-order valence-electron chi connectivity index (χ0n) is 8.18. The monoisotopic (exact) mass is 267 g/mol. The lowest BCUT2D eigenvalue weighted by Crippen LogP contribution is -2.17. The van der Waals surface area contributed by atoms with E-state index in [4.69, 9.17) is 10.00 Å². The Bertz CT molecular complexity index is 370. The van der Waals surface area contributed by atoms with Crippen LogP contribution < -0.4 is 0 Å². The molecule has 1 unspecified atom stereocenters. The largest absolute Gasteiger partial charge is 0.441 e. The number of alkyl halides is 1. The third kappa shape index (κ3) is 3.37. The second kappa shape index (κ2) is 5.52. The second-order valence-corrected chi connectivity index (χ2v) is 4.35. The number of nitrogens with zero attached hydrogens (tertiary/aromatic N) is 1. The fourth-order valence-electron chi connectivity index (χ4n) is 1.01. The van der Waals surface area contributed by atoms with E-state index in [1.165, 1.54) is 0 Å². The smallest absolute Gasteiger partial charge is 0.321 e. The van der Waals surface area contributed by atoms with Crippen LogP contribution in [0.15, 0.2) is 30.3 Å². The molecule has 0 aliphatic rings. The predicted molar refractivity (Wildman–Crippen MR) is 59.3 cm³/mol. The Morgan fingerprint density at radius 2 is 2.07 bits per heavy atom. The molecule has 0 fully saturated rings. The molecule has 0 aliphatic carbocycles. The number of benzene rings is 1. The topological polar surface area (TPSA) is 50.1 Å². The van der Waals surface area contributed by atoms with Crippen molar-refractivity contribution in [1.29, 1.82) is 5.26 Å². The number of ether oxygens (including phenoxy) is 1. The van der Waals surface area contributed by atoms with Gasteiger partial charge in [0.15, 0.2) is 0 Å². The minimum atomic E-state index is -0.835. The maximum absolute atomic E-state index is 11.3. The van der Waals surface area contributed by atoms with E-state index >= 15 is 0 Å². The van der Waals surface area contributed by atoms with Crippen molar-refractivity contribution in [2.45, 2.75) is 17.9 Å². The first-order valence-electron chi connectivity index (χ1n) is 4.44. The summed E-state index contributed by atoms with van der Waals surface area (Å²) in [5.74, 6) is -0.439. The molecule has 0 saturated carbocycles. The number of carbonyl (C=O) groups excluding carboxylic acids is 1. The van der Waals surface area contributed by atoms with Crippen LogP contribution in [0.2, 0.25) is 0 Å². The van der Waals surface area contributed by atoms with Gasteiger partial charge in [-0.15, -0.1) is 0 Å². The summed E-state index contributed by atoms with van der Waals surface area (Å²) in [6.45, 7) is 1.65. The average Bonchev–Trinajstić information content (AvgIpc) is 2.26. The summed E-state index contributed by atoms with van der Waals surface area (Å²) in [7, 11) is 0. The lowest BCUT2D eigenvalue weighted by molar-refractivity contribution is -0.145. The number of hydrogen-bond acceptors (Lipinski definition) is 3. The summed E-state index contributed by atoms with van der Waals surface area (Å²) in [6, 6.07) is 10.9. The number of rotatable bonds is 3. The minimum Gasteiger partial charge on any atom is -0.441 e. The third-order valence-corrected chi connectivity index (χ3v) is 2.15. The summed E-state index contributed by atoms with van der Waals surface area (Å²) in [4.78, 5) is 10.9. The van der Waals surface area contributed by atoms with Crippen LogP contribution in [0.25, 0.3) is 0 Å². The highest BCUT2D eigenvalue weighted by Gasteiger charge is 2.18. The molecule has 78 valence electrons. The van der Waals surface area contributed by atoms with Crippen molar-refractivity contribution in [2.24, 2.45) is 0 Å². The second-order valence-electron chi connectivity index (χ2n) is 2.97. The van der Waals surface area contributed by atoms with Gasteiger partial charge in [-0.25, -0.2) is 0 Å². The van der Waals surface area contributed by atoms with E-state index < -0.39 is 16.9 Å². The maximum Gasteiger partial charge on any atom is 0.321 e. The molecule has 1 aromatic carbocycles. The van der Waals surface area contributed by atoms with Crippen LogP contribution in [0.5, 0.6) is 0 Å². The molecule has 3 nitrogen and oxygen atoms in total. The molecular weight excluding hydrogens is 258 g/mol. The molecule has 0 N–H and O–H groups in total. The summed E-state index contributed by atoms with van der Waals surface area (Å²) < 4.78 is 5.00. The Hall–Kier alpha value is -1.34. The first-order chi connectivity index (χ1) is 7.15. The molecule has 0 bridgehead atoms. The highest BCUT2D eigenvalue weighted by atomic mass is 79.9.